The smallest absolute Gasteiger partial charge is 0.0772 e. The summed E-state index contributed by atoms with van der Waals surface area (Å²) in [5.41, 5.74) is 4.89. The van der Waals surface area contributed by atoms with Crippen LogP contribution >= 0.6 is 11.8 Å². The minimum Gasteiger partial charge on any atom is -0.312 e. The molecule has 3 aromatic carbocycles. The molecule has 4 rings (SSSR count). The van der Waals surface area contributed by atoms with Gasteiger partial charge in [0.25, 0.3) is 0 Å². The van der Waals surface area contributed by atoms with Gasteiger partial charge in [-0.25, -0.2) is 0 Å². The second-order valence-electron chi connectivity index (χ2n) is 6.11. The Morgan fingerprint density at radius 2 is 1.64 bits per heavy atom. The van der Waals surface area contributed by atoms with Crippen molar-refractivity contribution in [2.24, 2.45) is 4.99 Å². The third kappa shape index (κ3) is 4.01. The molecule has 0 atom stereocenters. The number of aliphatic imine (C=N–C) groups is 1. The molecule has 25 heavy (non-hydrogen) atoms. The molecule has 2 nitrogen and oxygen atoms in total. The molecule has 1 aliphatic heterocycles. The number of hydrogen-bond donors (Lipinski definition) is 1. The fourth-order valence-corrected chi connectivity index (χ4v) is 3.88. The first-order chi connectivity index (χ1) is 12.4. The monoisotopic (exact) mass is 344 g/mol. The van der Waals surface area contributed by atoms with Crippen LogP contribution < -0.4 is 5.32 Å². The maximum atomic E-state index is 4.69. The molecular formula is C22H20N2S. The van der Waals surface area contributed by atoms with Gasteiger partial charge >= 0.3 is 0 Å². The zero-order valence-corrected chi connectivity index (χ0v) is 14.8. The Hall–Kier alpha value is -2.36. The highest BCUT2D eigenvalue weighted by Gasteiger charge is 2.11. The maximum absolute atomic E-state index is 4.69. The summed E-state index contributed by atoms with van der Waals surface area (Å²) < 4.78 is 0. The molecule has 1 heterocycles. The van der Waals surface area contributed by atoms with E-state index in [9.17, 15) is 0 Å². The first-order valence-corrected chi connectivity index (χ1v) is 9.39. The Kier molecular flexibility index (Phi) is 4.96. The topological polar surface area (TPSA) is 24.4 Å². The predicted molar refractivity (Wildman–Crippen MR) is 106 cm³/mol. The SMILES string of the molecule is C1=Nc2cc(CNCCc3ccccc3)ccc2Sc2ccccc21. The van der Waals surface area contributed by atoms with Crippen molar-refractivity contribution < 1.29 is 0 Å². The lowest BCUT2D eigenvalue weighted by molar-refractivity contribution is 0.687. The van der Waals surface area contributed by atoms with Crippen molar-refractivity contribution in [2.45, 2.75) is 22.8 Å². The molecule has 124 valence electrons. The van der Waals surface area contributed by atoms with Crippen molar-refractivity contribution in [3.05, 3.63) is 89.5 Å². The van der Waals surface area contributed by atoms with E-state index < -0.39 is 0 Å². The van der Waals surface area contributed by atoms with Gasteiger partial charge in [-0.05, 0) is 42.3 Å². The van der Waals surface area contributed by atoms with Crippen LogP contribution in [-0.2, 0) is 13.0 Å². The van der Waals surface area contributed by atoms with Crippen molar-refractivity contribution in [1.82, 2.24) is 5.32 Å². The first-order valence-electron chi connectivity index (χ1n) is 8.57. The third-order valence-electron chi connectivity index (χ3n) is 4.27. The maximum Gasteiger partial charge on any atom is 0.0772 e. The van der Waals surface area contributed by atoms with Gasteiger partial charge in [-0.1, -0.05) is 66.4 Å². The van der Waals surface area contributed by atoms with Gasteiger partial charge in [0.1, 0.15) is 0 Å². The van der Waals surface area contributed by atoms with E-state index in [1.54, 1.807) is 11.8 Å². The summed E-state index contributed by atoms with van der Waals surface area (Å²) in [6.45, 7) is 1.85. The molecule has 0 saturated heterocycles. The molecule has 0 aromatic heterocycles. The Morgan fingerprint density at radius 3 is 2.56 bits per heavy atom. The summed E-state index contributed by atoms with van der Waals surface area (Å²) in [7, 11) is 0. The molecule has 3 heteroatoms. The Morgan fingerprint density at radius 1 is 0.800 bits per heavy atom. The largest absolute Gasteiger partial charge is 0.312 e. The van der Waals surface area contributed by atoms with Crippen molar-refractivity contribution in [1.29, 1.82) is 0 Å². The van der Waals surface area contributed by atoms with Crippen LogP contribution in [0, 0.1) is 0 Å². The number of fused-ring (bicyclic) bond motifs is 2. The van der Waals surface area contributed by atoms with Crippen LogP contribution in [0.5, 0.6) is 0 Å². The summed E-state index contributed by atoms with van der Waals surface area (Å²) in [5.74, 6) is 0. The van der Waals surface area contributed by atoms with E-state index in [-0.39, 0.29) is 0 Å². The van der Waals surface area contributed by atoms with Crippen molar-refractivity contribution in [3.63, 3.8) is 0 Å². The van der Waals surface area contributed by atoms with Crippen molar-refractivity contribution >= 4 is 23.7 Å². The Labute approximate surface area is 153 Å². The van der Waals surface area contributed by atoms with Gasteiger partial charge in [-0.15, -0.1) is 0 Å². The summed E-state index contributed by atoms with van der Waals surface area (Å²) in [6, 6.07) is 25.6. The molecule has 0 aliphatic carbocycles. The summed E-state index contributed by atoms with van der Waals surface area (Å²) in [4.78, 5) is 7.17. The van der Waals surface area contributed by atoms with Crippen LogP contribution in [0.1, 0.15) is 16.7 Å². The fourth-order valence-electron chi connectivity index (χ4n) is 2.91. The van der Waals surface area contributed by atoms with Gasteiger partial charge in [-0.3, -0.25) is 4.99 Å². The molecular weight excluding hydrogens is 324 g/mol. The lowest BCUT2D eigenvalue weighted by atomic mass is 10.1. The van der Waals surface area contributed by atoms with Crippen molar-refractivity contribution in [3.8, 4) is 0 Å². The highest BCUT2D eigenvalue weighted by molar-refractivity contribution is 7.99. The Bertz CT molecular complexity index is 888. The Balaban J connectivity index is 1.40. The van der Waals surface area contributed by atoms with Crippen LogP contribution in [0.25, 0.3) is 0 Å². The van der Waals surface area contributed by atoms with Crippen LogP contribution in [-0.4, -0.2) is 12.8 Å². The fraction of sp³-hybridized carbons (Fsp3) is 0.136. The lowest BCUT2D eigenvalue weighted by Crippen LogP contribution is -2.16. The van der Waals surface area contributed by atoms with E-state index in [0.717, 1.165) is 25.2 Å². The second kappa shape index (κ2) is 7.68. The third-order valence-corrected chi connectivity index (χ3v) is 5.42. The molecule has 0 bridgehead atoms. The van der Waals surface area contributed by atoms with Gasteiger partial charge in [0.05, 0.1) is 5.69 Å². The zero-order valence-electron chi connectivity index (χ0n) is 14.0. The van der Waals surface area contributed by atoms with Gasteiger partial charge < -0.3 is 5.32 Å². The second-order valence-corrected chi connectivity index (χ2v) is 7.20. The van der Waals surface area contributed by atoms with E-state index in [4.69, 9.17) is 4.99 Å². The number of rotatable bonds is 5. The van der Waals surface area contributed by atoms with E-state index in [1.807, 2.05) is 6.21 Å². The van der Waals surface area contributed by atoms with Gasteiger partial charge in [0, 0.05) is 28.1 Å². The minimum atomic E-state index is 0.868. The van der Waals surface area contributed by atoms with Crippen LogP contribution in [0.15, 0.2) is 87.6 Å². The molecule has 1 aliphatic rings. The number of benzene rings is 3. The van der Waals surface area contributed by atoms with E-state index in [0.29, 0.717) is 0 Å². The van der Waals surface area contributed by atoms with Crippen molar-refractivity contribution in [2.75, 3.05) is 6.54 Å². The van der Waals surface area contributed by atoms with Crippen LogP contribution in [0.3, 0.4) is 0 Å². The van der Waals surface area contributed by atoms with E-state index in [2.05, 4.69) is 78.1 Å². The highest BCUT2D eigenvalue weighted by atomic mass is 32.2. The van der Waals surface area contributed by atoms with Gasteiger partial charge in [0.2, 0.25) is 0 Å². The normalized spacial score (nSPS) is 12.3. The molecule has 0 amide bonds. The lowest BCUT2D eigenvalue weighted by Gasteiger charge is -2.08. The average Bonchev–Trinajstić information content (AvgIpc) is 2.85. The predicted octanol–water partition coefficient (Wildman–Crippen LogP) is 5.23. The van der Waals surface area contributed by atoms with Crippen LogP contribution in [0.2, 0.25) is 0 Å². The summed E-state index contributed by atoms with van der Waals surface area (Å²) in [5, 5.41) is 3.53. The zero-order chi connectivity index (χ0) is 16.9. The van der Waals surface area contributed by atoms with Gasteiger partial charge in [0.15, 0.2) is 0 Å². The molecule has 0 radical (unpaired) electrons. The molecule has 3 aromatic rings. The summed E-state index contributed by atoms with van der Waals surface area (Å²) in [6.07, 6.45) is 3.02. The van der Waals surface area contributed by atoms with E-state index in [1.165, 1.54) is 26.5 Å². The minimum absolute atomic E-state index is 0.868. The number of nitrogens with one attached hydrogen (secondary N) is 1. The highest BCUT2D eigenvalue weighted by Crippen LogP contribution is 2.39. The first kappa shape index (κ1) is 16.1. The average molecular weight is 344 g/mol. The van der Waals surface area contributed by atoms with Crippen LogP contribution in [0.4, 0.5) is 5.69 Å². The molecule has 0 saturated carbocycles. The summed E-state index contributed by atoms with van der Waals surface area (Å²) >= 11 is 1.79. The molecule has 0 fully saturated rings. The quantitative estimate of drug-likeness (QED) is 0.501. The molecule has 1 N–H and O–H groups in total. The number of hydrogen-bond acceptors (Lipinski definition) is 3. The standard InChI is InChI=1S/C22H20N2S/c1-2-6-17(7-3-1)12-13-23-15-18-10-11-22-20(14-18)24-16-19-8-4-5-9-21(19)25-22/h1-11,14,16,23H,12-13,15H2. The van der Waals surface area contributed by atoms with E-state index >= 15 is 0 Å². The van der Waals surface area contributed by atoms with Gasteiger partial charge in [-0.2, -0.15) is 0 Å². The molecule has 0 spiro atoms. The molecule has 0 unspecified atom stereocenters. The number of nitrogens with zero attached hydrogens (tertiary/aromatic N) is 1.